The largest absolute Gasteiger partial charge is 0.356 e. The number of halogens is 1. The molecule has 1 N–H and O–H groups in total. The Hall–Kier alpha value is -2.18. The van der Waals surface area contributed by atoms with Gasteiger partial charge in [0.05, 0.1) is 11.2 Å². The standard InChI is InChI=1S/C21H18BrN3OS/c1-21(2)18-15(14-5-3-4-6-16(14)23-18)11-17-19(26)24(20(27)25(17)21)13-9-7-12(22)8-10-13/h3-10,17,23H,11H2,1-2H3/t17-/m1/s1. The third kappa shape index (κ3) is 2.26. The molecule has 1 fully saturated rings. The number of aromatic nitrogens is 1. The number of carbonyl (C=O) groups is 1. The van der Waals surface area contributed by atoms with Crippen molar-refractivity contribution in [3.63, 3.8) is 0 Å². The Bertz CT molecular complexity index is 1100. The molecule has 2 aliphatic heterocycles. The number of nitrogens with one attached hydrogen (secondary N) is 1. The van der Waals surface area contributed by atoms with Crippen molar-refractivity contribution in [3.8, 4) is 0 Å². The summed E-state index contributed by atoms with van der Waals surface area (Å²) in [4.78, 5) is 20.7. The molecule has 1 atom stereocenters. The lowest BCUT2D eigenvalue weighted by Gasteiger charge is -2.43. The lowest BCUT2D eigenvalue weighted by molar-refractivity contribution is -0.121. The number of carbonyl (C=O) groups excluding carboxylic acids is 1. The van der Waals surface area contributed by atoms with Gasteiger partial charge < -0.3 is 9.88 Å². The van der Waals surface area contributed by atoms with Crippen LogP contribution in [0.4, 0.5) is 5.69 Å². The number of H-pyrrole nitrogens is 1. The van der Waals surface area contributed by atoms with Crippen LogP contribution in [0.15, 0.2) is 53.0 Å². The molecule has 27 heavy (non-hydrogen) atoms. The van der Waals surface area contributed by atoms with E-state index in [-0.39, 0.29) is 11.9 Å². The van der Waals surface area contributed by atoms with Crippen molar-refractivity contribution >= 4 is 55.8 Å². The van der Waals surface area contributed by atoms with E-state index in [0.717, 1.165) is 21.4 Å². The summed E-state index contributed by atoms with van der Waals surface area (Å²) in [6, 6.07) is 15.7. The van der Waals surface area contributed by atoms with Gasteiger partial charge >= 0.3 is 0 Å². The summed E-state index contributed by atoms with van der Waals surface area (Å²) in [5.74, 6) is 0.0475. The van der Waals surface area contributed by atoms with E-state index >= 15 is 0 Å². The van der Waals surface area contributed by atoms with Gasteiger partial charge in [0.1, 0.15) is 6.04 Å². The molecular weight excluding hydrogens is 422 g/mol. The zero-order valence-corrected chi connectivity index (χ0v) is 17.4. The zero-order chi connectivity index (χ0) is 18.9. The molecular formula is C21H18BrN3OS. The van der Waals surface area contributed by atoms with Crippen molar-refractivity contribution in [2.75, 3.05) is 4.90 Å². The molecule has 136 valence electrons. The second-order valence-corrected chi connectivity index (χ2v) is 8.89. The van der Waals surface area contributed by atoms with E-state index in [2.05, 4.69) is 51.8 Å². The maximum absolute atomic E-state index is 13.4. The Morgan fingerprint density at radius 3 is 2.59 bits per heavy atom. The average Bonchev–Trinajstić information content (AvgIpc) is 3.14. The highest BCUT2D eigenvalue weighted by Crippen LogP contribution is 2.45. The van der Waals surface area contributed by atoms with Crippen LogP contribution in [-0.4, -0.2) is 26.9 Å². The van der Waals surface area contributed by atoms with Crippen LogP contribution in [0.25, 0.3) is 10.9 Å². The van der Waals surface area contributed by atoms with Gasteiger partial charge in [-0.1, -0.05) is 34.1 Å². The van der Waals surface area contributed by atoms with Gasteiger partial charge in [-0.3, -0.25) is 9.69 Å². The summed E-state index contributed by atoms with van der Waals surface area (Å²) in [6.45, 7) is 4.27. The minimum Gasteiger partial charge on any atom is -0.356 e. The van der Waals surface area contributed by atoms with E-state index in [1.54, 1.807) is 4.90 Å². The van der Waals surface area contributed by atoms with Crippen molar-refractivity contribution in [2.45, 2.75) is 31.8 Å². The highest BCUT2D eigenvalue weighted by molar-refractivity contribution is 9.10. The third-order valence-corrected chi connectivity index (χ3v) is 6.63. The molecule has 1 saturated heterocycles. The second-order valence-electron chi connectivity index (χ2n) is 7.61. The summed E-state index contributed by atoms with van der Waals surface area (Å²) in [5, 5.41) is 1.77. The molecule has 0 unspecified atom stereocenters. The summed E-state index contributed by atoms with van der Waals surface area (Å²) in [7, 11) is 0. The molecule has 0 bridgehead atoms. The van der Waals surface area contributed by atoms with E-state index in [9.17, 15) is 4.79 Å². The molecule has 0 saturated carbocycles. The van der Waals surface area contributed by atoms with Gasteiger partial charge in [-0.05, 0) is 62.0 Å². The smallest absolute Gasteiger partial charge is 0.256 e. The van der Waals surface area contributed by atoms with Crippen molar-refractivity contribution in [3.05, 3.63) is 64.3 Å². The Morgan fingerprint density at radius 2 is 1.85 bits per heavy atom. The van der Waals surface area contributed by atoms with Crippen molar-refractivity contribution in [1.29, 1.82) is 0 Å². The lowest BCUT2D eigenvalue weighted by atomic mass is 9.85. The third-order valence-electron chi connectivity index (χ3n) is 5.72. The Kier molecular flexibility index (Phi) is 3.55. The van der Waals surface area contributed by atoms with Crippen LogP contribution in [0.5, 0.6) is 0 Å². The number of anilines is 1. The minimum absolute atomic E-state index is 0.0475. The van der Waals surface area contributed by atoms with Crippen molar-refractivity contribution in [1.82, 2.24) is 9.88 Å². The zero-order valence-electron chi connectivity index (χ0n) is 15.0. The molecule has 3 heterocycles. The topological polar surface area (TPSA) is 39.3 Å². The molecule has 0 spiro atoms. The molecule has 4 nitrogen and oxygen atoms in total. The predicted molar refractivity (Wildman–Crippen MR) is 115 cm³/mol. The first-order valence-corrected chi connectivity index (χ1v) is 10.1. The summed E-state index contributed by atoms with van der Waals surface area (Å²) >= 11 is 9.24. The monoisotopic (exact) mass is 439 g/mol. The van der Waals surface area contributed by atoms with Crippen LogP contribution < -0.4 is 4.90 Å². The van der Waals surface area contributed by atoms with Crippen LogP contribution in [-0.2, 0) is 16.8 Å². The summed E-state index contributed by atoms with van der Waals surface area (Å²) in [6.07, 6.45) is 0.661. The van der Waals surface area contributed by atoms with Crippen LogP contribution in [0.2, 0.25) is 0 Å². The number of hydrogen-bond donors (Lipinski definition) is 1. The number of amides is 1. The molecule has 2 aliphatic rings. The SMILES string of the molecule is CC1(C)c2[nH]c3ccccc3c2C[C@@H]2C(=O)N(c3ccc(Br)cc3)C(=S)N21. The first-order chi connectivity index (χ1) is 12.9. The van der Waals surface area contributed by atoms with E-state index in [1.165, 1.54) is 10.9 Å². The Balaban J connectivity index is 1.65. The number of aromatic amines is 1. The van der Waals surface area contributed by atoms with E-state index < -0.39 is 5.54 Å². The maximum Gasteiger partial charge on any atom is 0.256 e. The number of nitrogens with zero attached hydrogens (tertiary/aromatic N) is 2. The molecule has 0 aliphatic carbocycles. The van der Waals surface area contributed by atoms with Crippen molar-refractivity contribution in [2.24, 2.45) is 0 Å². The molecule has 5 rings (SSSR count). The molecule has 1 amide bonds. The molecule has 6 heteroatoms. The number of fused-ring (bicyclic) bond motifs is 4. The number of rotatable bonds is 1. The molecule has 3 aromatic rings. The van der Waals surface area contributed by atoms with Gasteiger partial charge in [-0.15, -0.1) is 0 Å². The van der Waals surface area contributed by atoms with Gasteiger partial charge in [-0.2, -0.15) is 0 Å². The van der Waals surface area contributed by atoms with E-state index in [4.69, 9.17) is 12.2 Å². The van der Waals surface area contributed by atoms with Gasteiger partial charge in [0, 0.05) is 27.5 Å². The maximum atomic E-state index is 13.4. The summed E-state index contributed by atoms with van der Waals surface area (Å²) in [5.41, 5.74) is 3.90. The van der Waals surface area contributed by atoms with Crippen LogP contribution in [0.3, 0.4) is 0 Å². The highest BCUT2D eigenvalue weighted by Gasteiger charge is 2.53. The fraction of sp³-hybridized carbons (Fsp3) is 0.238. The van der Waals surface area contributed by atoms with Gasteiger partial charge in [0.15, 0.2) is 5.11 Å². The van der Waals surface area contributed by atoms with Gasteiger partial charge in [0.25, 0.3) is 5.91 Å². The van der Waals surface area contributed by atoms with Crippen LogP contribution in [0.1, 0.15) is 25.1 Å². The van der Waals surface area contributed by atoms with Gasteiger partial charge in [-0.25, -0.2) is 0 Å². The number of thiocarbonyl (C=S) groups is 1. The first kappa shape index (κ1) is 17.0. The molecule has 2 aromatic carbocycles. The predicted octanol–water partition coefficient (Wildman–Crippen LogP) is 4.72. The highest BCUT2D eigenvalue weighted by atomic mass is 79.9. The van der Waals surface area contributed by atoms with Crippen LogP contribution in [0, 0.1) is 0 Å². The fourth-order valence-electron chi connectivity index (χ4n) is 4.48. The summed E-state index contributed by atoms with van der Waals surface area (Å²) < 4.78 is 0.975. The second kappa shape index (κ2) is 5.66. The number of benzene rings is 2. The molecule has 1 aromatic heterocycles. The number of para-hydroxylation sites is 1. The van der Waals surface area contributed by atoms with E-state index in [1.807, 2.05) is 36.4 Å². The van der Waals surface area contributed by atoms with Crippen molar-refractivity contribution < 1.29 is 4.79 Å². The fourth-order valence-corrected chi connectivity index (χ4v) is 5.29. The average molecular weight is 440 g/mol. The first-order valence-electron chi connectivity index (χ1n) is 8.92. The Labute approximate surface area is 171 Å². The van der Waals surface area contributed by atoms with Crippen LogP contribution >= 0.6 is 28.1 Å². The normalized spacial score (nSPS) is 20.9. The lowest BCUT2D eigenvalue weighted by Crippen LogP contribution is -2.52. The Morgan fingerprint density at radius 1 is 1.15 bits per heavy atom. The number of hydrogen-bond acceptors (Lipinski definition) is 2. The quantitative estimate of drug-likeness (QED) is 0.557. The van der Waals surface area contributed by atoms with E-state index in [0.29, 0.717) is 11.5 Å². The minimum atomic E-state index is -0.395. The molecule has 0 radical (unpaired) electrons. The van der Waals surface area contributed by atoms with Gasteiger partial charge in [0.2, 0.25) is 0 Å².